The fourth-order valence-corrected chi connectivity index (χ4v) is 1.97. The summed E-state index contributed by atoms with van der Waals surface area (Å²) in [5, 5.41) is 8.86. The maximum Gasteiger partial charge on any atom is 0.128 e. The zero-order valence-electron chi connectivity index (χ0n) is 10.7. The van der Waals surface area contributed by atoms with Crippen molar-refractivity contribution in [2.24, 2.45) is 5.41 Å². The molecule has 1 rings (SSSR count). The molecule has 0 heterocycles. The van der Waals surface area contributed by atoms with E-state index in [1.54, 1.807) is 6.07 Å². The highest BCUT2D eigenvalue weighted by atomic mass is 79.9. The molecule has 0 aliphatic carbocycles. The molecule has 0 N–H and O–H groups in total. The third-order valence-corrected chi connectivity index (χ3v) is 3.06. The summed E-state index contributed by atoms with van der Waals surface area (Å²) in [7, 11) is 0. The van der Waals surface area contributed by atoms with Crippen molar-refractivity contribution in [3.05, 3.63) is 28.5 Å². The van der Waals surface area contributed by atoms with E-state index in [0.717, 1.165) is 19.3 Å². The molecule has 0 fully saturated rings. The van der Waals surface area contributed by atoms with Crippen LogP contribution < -0.4 is 4.74 Å². The largest absolute Gasteiger partial charge is 0.493 e. The van der Waals surface area contributed by atoms with E-state index in [4.69, 9.17) is 10.00 Å². The Morgan fingerprint density at radius 3 is 2.67 bits per heavy atom. The third kappa shape index (κ3) is 5.50. The highest BCUT2D eigenvalue weighted by molar-refractivity contribution is 9.10. The number of rotatable bonds is 6. The van der Waals surface area contributed by atoms with Crippen LogP contribution in [0.25, 0.3) is 0 Å². The van der Waals surface area contributed by atoms with Gasteiger partial charge in [-0.3, -0.25) is 0 Å². The first-order valence-electron chi connectivity index (χ1n) is 5.93. The molecular formula is C14H17BrFNO. The number of nitriles is 1. The van der Waals surface area contributed by atoms with Gasteiger partial charge in [0.2, 0.25) is 0 Å². The number of unbranched alkanes of at least 4 members (excludes halogenated alkanes) is 1. The molecule has 4 heteroatoms. The predicted octanol–water partition coefficient (Wildman–Crippen LogP) is 4.69. The van der Waals surface area contributed by atoms with Crippen molar-refractivity contribution in [2.45, 2.75) is 33.1 Å². The monoisotopic (exact) mass is 313 g/mol. The molecule has 0 saturated carbocycles. The summed E-state index contributed by atoms with van der Waals surface area (Å²) in [4.78, 5) is 0. The van der Waals surface area contributed by atoms with Crippen molar-refractivity contribution >= 4 is 15.9 Å². The lowest BCUT2D eigenvalue weighted by atomic mass is 9.89. The maximum absolute atomic E-state index is 13.1. The van der Waals surface area contributed by atoms with Gasteiger partial charge in [-0.2, -0.15) is 5.26 Å². The van der Waals surface area contributed by atoms with Gasteiger partial charge in [0.15, 0.2) is 0 Å². The standard InChI is InChI=1S/C14H17BrFNO/c1-14(2,10-17)5-3-4-6-18-13-8-11(15)7-12(16)9-13/h7-9H,3-6H2,1-2H3. The molecule has 18 heavy (non-hydrogen) atoms. The van der Waals surface area contributed by atoms with E-state index >= 15 is 0 Å². The summed E-state index contributed by atoms with van der Waals surface area (Å²) >= 11 is 3.22. The molecule has 98 valence electrons. The van der Waals surface area contributed by atoms with E-state index in [9.17, 15) is 4.39 Å². The second-order valence-corrected chi connectivity index (χ2v) is 5.82. The lowest BCUT2D eigenvalue weighted by Gasteiger charge is -2.14. The van der Waals surface area contributed by atoms with Crippen LogP contribution in [0.5, 0.6) is 5.75 Å². The van der Waals surface area contributed by atoms with Crippen LogP contribution in [0.2, 0.25) is 0 Å². The van der Waals surface area contributed by atoms with Crippen LogP contribution in [-0.2, 0) is 0 Å². The quantitative estimate of drug-likeness (QED) is 0.714. The number of benzene rings is 1. The lowest BCUT2D eigenvalue weighted by molar-refractivity contribution is 0.293. The Morgan fingerprint density at radius 1 is 1.33 bits per heavy atom. The summed E-state index contributed by atoms with van der Waals surface area (Å²) in [6, 6.07) is 6.76. The van der Waals surface area contributed by atoms with Crippen LogP contribution >= 0.6 is 15.9 Å². The highest BCUT2D eigenvalue weighted by Crippen LogP contribution is 2.23. The first-order valence-corrected chi connectivity index (χ1v) is 6.72. The van der Waals surface area contributed by atoms with E-state index in [1.165, 1.54) is 12.1 Å². The Bertz CT molecular complexity index is 420. The van der Waals surface area contributed by atoms with E-state index in [1.807, 2.05) is 13.8 Å². The second kappa shape index (κ2) is 6.75. The van der Waals surface area contributed by atoms with E-state index < -0.39 is 0 Å². The highest BCUT2D eigenvalue weighted by Gasteiger charge is 2.15. The second-order valence-electron chi connectivity index (χ2n) is 4.91. The molecule has 0 bridgehead atoms. The van der Waals surface area contributed by atoms with E-state index in [2.05, 4.69) is 22.0 Å². The first-order chi connectivity index (χ1) is 8.43. The molecular weight excluding hydrogens is 297 g/mol. The van der Waals surface area contributed by atoms with E-state index in [-0.39, 0.29) is 11.2 Å². The summed E-state index contributed by atoms with van der Waals surface area (Å²) in [6.07, 6.45) is 2.63. The fourth-order valence-electron chi connectivity index (χ4n) is 1.53. The predicted molar refractivity (Wildman–Crippen MR) is 72.8 cm³/mol. The molecule has 0 aromatic heterocycles. The number of ether oxygens (including phenoxy) is 1. The molecule has 0 unspecified atom stereocenters. The summed E-state index contributed by atoms with van der Waals surface area (Å²) in [5.74, 6) is 0.214. The van der Waals surface area contributed by atoms with Crippen molar-refractivity contribution in [3.8, 4) is 11.8 Å². The normalized spacial score (nSPS) is 11.1. The van der Waals surface area contributed by atoms with Gasteiger partial charge in [-0.25, -0.2) is 4.39 Å². The molecule has 0 spiro atoms. The third-order valence-electron chi connectivity index (χ3n) is 2.60. The molecule has 0 saturated heterocycles. The van der Waals surface area contributed by atoms with E-state index in [0.29, 0.717) is 16.8 Å². The number of halogens is 2. The molecule has 0 radical (unpaired) electrons. The number of hydrogen-bond acceptors (Lipinski definition) is 2. The summed E-state index contributed by atoms with van der Waals surface area (Å²) in [5.41, 5.74) is -0.276. The van der Waals surface area contributed by atoms with Gasteiger partial charge in [0, 0.05) is 10.5 Å². The minimum Gasteiger partial charge on any atom is -0.493 e. The molecule has 1 aromatic carbocycles. The molecule has 0 atom stereocenters. The Kier molecular flexibility index (Phi) is 5.61. The van der Waals surface area contributed by atoms with Crippen molar-refractivity contribution in [1.82, 2.24) is 0 Å². The van der Waals surface area contributed by atoms with Crippen molar-refractivity contribution in [3.63, 3.8) is 0 Å². The van der Waals surface area contributed by atoms with Gasteiger partial charge < -0.3 is 4.74 Å². The average Bonchev–Trinajstić information content (AvgIpc) is 2.27. The number of nitrogens with zero attached hydrogens (tertiary/aromatic N) is 1. The molecule has 2 nitrogen and oxygen atoms in total. The van der Waals surface area contributed by atoms with Gasteiger partial charge in [0.1, 0.15) is 11.6 Å². The Balaban J connectivity index is 2.28. The van der Waals surface area contributed by atoms with Crippen molar-refractivity contribution in [1.29, 1.82) is 5.26 Å². The Labute approximate surface area is 116 Å². The summed E-state index contributed by atoms with van der Waals surface area (Å²) in [6.45, 7) is 4.40. The van der Waals surface area contributed by atoms with Gasteiger partial charge in [-0.05, 0) is 45.2 Å². The van der Waals surface area contributed by atoms with Gasteiger partial charge in [0.05, 0.1) is 18.1 Å². The summed E-state index contributed by atoms with van der Waals surface area (Å²) < 4.78 is 19.2. The van der Waals surface area contributed by atoms with Gasteiger partial charge >= 0.3 is 0 Å². The number of hydrogen-bond donors (Lipinski definition) is 0. The van der Waals surface area contributed by atoms with Gasteiger partial charge in [0.25, 0.3) is 0 Å². The smallest absolute Gasteiger partial charge is 0.128 e. The van der Waals surface area contributed by atoms with Gasteiger partial charge in [-0.1, -0.05) is 15.9 Å². The fraction of sp³-hybridized carbons (Fsp3) is 0.500. The Morgan fingerprint density at radius 2 is 2.06 bits per heavy atom. The van der Waals surface area contributed by atoms with Crippen LogP contribution in [0.3, 0.4) is 0 Å². The molecule has 1 aromatic rings. The van der Waals surface area contributed by atoms with Crippen LogP contribution in [0, 0.1) is 22.6 Å². The van der Waals surface area contributed by atoms with Crippen LogP contribution in [0.4, 0.5) is 4.39 Å². The maximum atomic E-state index is 13.1. The topological polar surface area (TPSA) is 33.0 Å². The zero-order valence-corrected chi connectivity index (χ0v) is 12.3. The van der Waals surface area contributed by atoms with Crippen LogP contribution in [0.15, 0.2) is 22.7 Å². The van der Waals surface area contributed by atoms with Crippen molar-refractivity contribution < 1.29 is 9.13 Å². The zero-order chi connectivity index (χ0) is 13.6. The van der Waals surface area contributed by atoms with Crippen LogP contribution in [-0.4, -0.2) is 6.61 Å². The minimum absolute atomic E-state index is 0.276. The molecule has 0 amide bonds. The average molecular weight is 314 g/mol. The molecule has 0 aliphatic rings. The lowest BCUT2D eigenvalue weighted by Crippen LogP contribution is -2.08. The first kappa shape index (κ1) is 15.0. The Hall–Kier alpha value is -1.08. The SMILES string of the molecule is CC(C)(C#N)CCCCOc1cc(F)cc(Br)c1. The van der Waals surface area contributed by atoms with Gasteiger partial charge in [-0.15, -0.1) is 0 Å². The van der Waals surface area contributed by atoms with Crippen molar-refractivity contribution in [2.75, 3.05) is 6.61 Å². The molecule has 0 aliphatic heterocycles. The minimum atomic E-state index is -0.315. The van der Waals surface area contributed by atoms with Crippen LogP contribution in [0.1, 0.15) is 33.1 Å².